The minimum Gasteiger partial charge on any atom is -0.383 e. The van der Waals surface area contributed by atoms with Crippen LogP contribution in [0, 0.1) is 18.2 Å². The van der Waals surface area contributed by atoms with E-state index in [1.807, 2.05) is 38.1 Å². The van der Waals surface area contributed by atoms with Gasteiger partial charge >= 0.3 is 0 Å². The molecule has 3 aromatic rings. The minimum atomic E-state index is -0.796. The molecule has 2 aliphatic rings. The minimum absolute atomic E-state index is 0.102. The van der Waals surface area contributed by atoms with Gasteiger partial charge < -0.3 is 20.7 Å². The molecule has 7 nitrogen and oxygen atoms in total. The summed E-state index contributed by atoms with van der Waals surface area (Å²) < 4.78 is 13.9. The number of piperidine rings is 1. The number of fused-ring (bicyclic) bond motifs is 1. The van der Waals surface area contributed by atoms with Crippen molar-refractivity contribution in [2.45, 2.75) is 57.9 Å². The van der Waals surface area contributed by atoms with E-state index in [0.717, 1.165) is 23.0 Å². The third-order valence-corrected chi connectivity index (χ3v) is 8.24. The van der Waals surface area contributed by atoms with Crippen LogP contribution in [0.1, 0.15) is 60.5 Å². The molecule has 2 aromatic carbocycles. The summed E-state index contributed by atoms with van der Waals surface area (Å²) in [6.07, 6.45) is 4.86. The van der Waals surface area contributed by atoms with Crippen LogP contribution < -0.4 is 11.1 Å². The number of nitrogen functional groups attached to an aromatic ring is 1. The summed E-state index contributed by atoms with van der Waals surface area (Å²) >= 11 is 0. The van der Waals surface area contributed by atoms with E-state index in [1.54, 1.807) is 36.2 Å². The monoisotopic (exact) mass is 528 g/mol. The van der Waals surface area contributed by atoms with Crippen LogP contribution in [-0.2, 0) is 32.6 Å². The molecular formula is C31H33FN4O3. The van der Waals surface area contributed by atoms with Crippen molar-refractivity contribution in [2.75, 3.05) is 17.6 Å². The van der Waals surface area contributed by atoms with Gasteiger partial charge in [0.2, 0.25) is 11.8 Å². The Hall–Kier alpha value is -4.07. The quantitative estimate of drug-likeness (QED) is 0.452. The van der Waals surface area contributed by atoms with E-state index in [4.69, 9.17) is 5.73 Å². The molecule has 0 radical (unpaired) electrons. The SMILES string of the molecule is Cc1cc(C2CCC(C)(C)C(=O)N2CC(=O)Nc2ccc3c(c2)CC(C=O)(c2cccnc2N)C3)ccc1F. The van der Waals surface area contributed by atoms with Gasteiger partial charge in [-0.15, -0.1) is 0 Å². The molecule has 0 spiro atoms. The number of anilines is 2. The molecule has 3 N–H and O–H groups in total. The van der Waals surface area contributed by atoms with E-state index in [1.165, 1.54) is 6.07 Å². The molecule has 202 valence electrons. The van der Waals surface area contributed by atoms with Crippen LogP contribution >= 0.6 is 0 Å². The van der Waals surface area contributed by atoms with E-state index < -0.39 is 10.8 Å². The lowest BCUT2D eigenvalue weighted by Gasteiger charge is -2.43. The highest BCUT2D eigenvalue weighted by atomic mass is 19.1. The van der Waals surface area contributed by atoms with Crippen LogP contribution in [0.25, 0.3) is 0 Å². The Labute approximate surface area is 227 Å². The number of hydrogen-bond donors (Lipinski definition) is 2. The maximum absolute atomic E-state index is 13.9. The second-order valence-corrected chi connectivity index (χ2v) is 11.5. The van der Waals surface area contributed by atoms with Gasteiger partial charge in [0, 0.05) is 22.9 Å². The number of nitrogens with two attached hydrogens (primary N) is 1. The number of pyridine rings is 1. The van der Waals surface area contributed by atoms with Gasteiger partial charge in [0.1, 0.15) is 24.5 Å². The van der Waals surface area contributed by atoms with Crippen molar-refractivity contribution in [3.63, 3.8) is 0 Å². The van der Waals surface area contributed by atoms with Crippen LogP contribution in [0.2, 0.25) is 0 Å². The summed E-state index contributed by atoms with van der Waals surface area (Å²) in [5.41, 5.74) is 9.31. The fourth-order valence-electron chi connectivity index (χ4n) is 6.01. The normalized spacial score (nSPS) is 21.9. The summed E-state index contributed by atoms with van der Waals surface area (Å²) in [4.78, 5) is 44.7. The lowest BCUT2D eigenvalue weighted by atomic mass is 9.78. The van der Waals surface area contributed by atoms with Gasteiger partial charge in [0.05, 0.1) is 11.5 Å². The van der Waals surface area contributed by atoms with E-state index in [-0.39, 0.29) is 30.2 Å². The van der Waals surface area contributed by atoms with E-state index >= 15 is 0 Å². The molecule has 2 heterocycles. The summed E-state index contributed by atoms with van der Waals surface area (Å²) in [7, 11) is 0. The van der Waals surface area contributed by atoms with Gasteiger partial charge in [0.25, 0.3) is 0 Å². The molecule has 1 fully saturated rings. The Morgan fingerprint density at radius 3 is 2.67 bits per heavy atom. The highest BCUT2D eigenvalue weighted by molar-refractivity contribution is 5.96. The first-order valence-corrected chi connectivity index (χ1v) is 13.2. The zero-order valence-corrected chi connectivity index (χ0v) is 22.5. The number of rotatable bonds is 6. The van der Waals surface area contributed by atoms with Gasteiger partial charge in [-0.05, 0) is 79.1 Å². The number of carbonyl (C=O) groups is 3. The van der Waals surface area contributed by atoms with E-state index in [9.17, 15) is 18.8 Å². The number of aromatic nitrogens is 1. The number of nitrogens with one attached hydrogen (secondary N) is 1. The maximum Gasteiger partial charge on any atom is 0.244 e. The summed E-state index contributed by atoms with van der Waals surface area (Å²) in [6.45, 7) is 5.35. The number of benzene rings is 2. The number of aryl methyl sites for hydroxylation is 1. The van der Waals surface area contributed by atoms with Crippen molar-refractivity contribution < 1.29 is 18.8 Å². The summed E-state index contributed by atoms with van der Waals surface area (Å²) in [6, 6.07) is 13.8. The highest BCUT2D eigenvalue weighted by Crippen LogP contribution is 2.42. The zero-order chi connectivity index (χ0) is 27.9. The van der Waals surface area contributed by atoms with Gasteiger partial charge in [-0.2, -0.15) is 0 Å². The lowest BCUT2D eigenvalue weighted by molar-refractivity contribution is -0.150. The molecule has 2 amide bonds. The molecule has 5 rings (SSSR count). The third kappa shape index (κ3) is 4.91. The standard InChI is InChI=1S/C31H33FN4O3/c1-19-13-20(7-9-25(19)32)26-10-11-30(2,3)29(39)36(26)17-27(38)35-23-8-6-21-15-31(18-37,16-22(21)14-23)24-5-4-12-34-28(24)33/h4-9,12-14,18,26H,10-11,15-17H2,1-3H3,(H2,33,34)(H,35,38). The average molecular weight is 529 g/mol. The van der Waals surface area contributed by atoms with Crippen LogP contribution in [0.15, 0.2) is 54.7 Å². The zero-order valence-electron chi connectivity index (χ0n) is 22.5. The first-order valence-electron chi connectivity index (χ1n) is 13.2. The van der Waals surface area contributed by atoms with Crippen molar-refractivity contribution in [3.05, 3.63) is 88.4 Å². The van der Waals surface area contributed by atoms with Crippen LogP contribution in [0.5, 0.6) is 0 Å². The number of hydrogen-bond acceptors (Lipinski definition) is 5. The number of likely N-dealkylation sites (tertiary alicyclic amines) is 1. The van der Waals surface area contributed by atoms with Gasteiger partial charge in [0.15, 0.2) is 0 Å². The van der Waals surface area contributed by atoms with E-state index in [0.29, 0.717) is 48.3 Å². The lowest BCUT2D eigenvalue weighted by Crippen LogP contribution is -2.50. The smallest absolute Gasteiger partial charge is 0.244 e. The van der Waals surface area contributed by atoms with Gasteiger partial charge in [-0.25, -0.2) is 9.37 Å². The molecule has 1 aromatic heterocycles. The van der Waals surface area contributed by atoms with E-state index in [2.05, 4.69) is 10.3 Å². The number of carbonyl (C=O) groups excluding carboxylic acids is 3. The second-order valence-electron chi connectivity index (χ2n) is 11.5. The van der Waals surface area contributed by atoms with Crippen molar-refractivity contribution in [1.29, 1.82) is 0 Å². The van der Waals surface area contributed by atoms with Crippen molar-refractivity contribution in [2.24, 2.45) is 5.41 Å². The molecule has 1 aliphatic carbocycles. The van der Waals surface area contributed by atoms with Crippen molar-refractivity contribution in [1.82, 2.24) is 9.88 Å². The van der Waals surface area contributed by atoms with Crippen molar-refractivity contribution >= 4 is 29.6 Å². The van der Waals surface area contributed by atoms with Crippen molar-refractivity contribution in [3.8, 4) is 0 Å². The number of halogens is 1. The topological polar surface area (TPSA) is 105 Å². The van der Waals surface area contributed by atoms with Crippen LogP contribution in [0.3, 0.4) is 0 Å². The first kappa shape index (κ1) is 26.5. The average Bonchev–Trinajstić information content (AvgIpc) is 3.28. The third-order valence-electron chi connectivity index (χ3n) is 8.24. The molecule has 2 atom stereocenters. The second kappa shape index (κ2) is 9.91. The molecule has 1 saturated heterocycles. The number of amides is 2. The summed E-state index contributed by atoms with van der Waals surface area (Å²) in [5, 5.41) is 2.94. The molecule has 39 heavy (non-hydrogen) atoms. The maximum atomic E-state index is 13.9. The Balaban J connectivity index is 1.35. The van der Waals surface area contributed by atoms with Crippen LogP contribution in [0.4, 0.5) is 15.9 Å². The van der Waals surface area contributed by atoms with Crippen LogP contribution in [-0.4, -0.2) is 34.5 Å². The molecule has 8 heteroatoms. The number of aldehydes is 1. The fraction of sp³-hybridized carbons (Fsp3) is 0.355. The molecule has 1 aliphatic heterocycles. The Morgan fingerprint density at radius 1 is 1.18 bits per heavy atom. The molecular weight excluding hydrogens is 495 g/mol. The summed E-state index contributed by atoms with van der Waals surface area (Å²) in [5.74, 6) is -0.381. The first-order chi connectivity index (χ1) is 18.5. The Kier molecular flexibility index (Phi) is 6.74. The predicted molar refractivity (Wildman–Crippen MR) is 147 cm³/mol. The fourth-order valence-corrected chi connectivity index (χ4v) is 6.01. The molecule has 0 bridgehead atoms. The van der Waals surface area contributed by atoms with Gasteiger partial charge in [-0.3, -0.25) is 9.59 Å². The largest absolute Gasteiger partial charge is 0.383 e. The molecule has 2 unspecified atom stereocenters. The van der Waals surface area contributed by atoms with Gasteiger partial charge in [-0.1, -0.05) is 38.1 Å². The highest BCUT2D eigenvalue weighted by Gasteiger charge is 2.43. The Morgan fingerprint density at radius 2 is 1.95 bits per heavy atom. The Bertz CT molecular complexity index is 1470. The predicted octanol–water partition coefficient (Wildman–Crippen LogP) is 4.68. The molecule has 0 saturated carbocycles. The number of nitrogens with zero attached hydrogens (tertiary/aromatic N) is 2.